The summed E-state index contributed by atoms with van der Waals surface area (Å²) in [5.74, 6) is 1.02. The molecule has 2 heterocycles. The molecule has 1 aromatic rings. The number of hydrogen-bond donors (Lipinski definition) is 2. The fraction of sp³-hybridized carbons (Fsp3) is 0.615. The fourth-order valence-electron chi connectivity index (χ4n) is 2.19. The molecular formula is C13H21N3O. The third kappa shape index (κ3) is 2.76. The summed E-state index contributed by atoms with van der Waals surface area (Å²) in [6.07, 6.45) is 2.16. The van der Waals surface area contributed by atoms with Crippen molar-refractivity contribution in [1.82, 2.24) is 10.3 Å². The van der Waals surface area contributed by atoms with Gasteiger partial charge >= 0.3 is 0 Å². The van der Waals surface area contributed by atoms with Crippen LogP contribution >= 0.6 is 0 Å². The highest BCUT2D eigenvalue weighted by Crippen LogP contribution is 2.23. The molecule has 1 aromatic heterocycles. The van der Waals surface area contributed by atoms with Gasteiger partial charge in [0.1, 0.15) is 5.82 Å². The smallest absolute Gasteiger partial charge is 0.128 e. The van der Waals surface area contributed by atoms with Crippen LogP contribution in [0.15, 0.2) is 12.3 Å². The van der Waals surface area contributed by atoms with Gasteiger partial charge in [-0.3, -0.25) is 0 Å². The predicted molar refractivity (Wildman–Crippen MR) is 69.3 cm³/mol. The number of pyridine rings is 1. The molecule has 17 heavy (non-hydrogen) atoms. The van der Waals surface area contributed by atoms with E-state index in [0.29, 0.717) is 0 Å². The van der Waals surface area contributed by atoms with E-state index in [9.17, 15) is 5.11 Å². The maximum absolute atomic E-state index is 9.85. The molecule has 0 spiro atoms. The minimum absolute atomic E-state index is 0.389. The topological polar surface area (TPSA) is 48.4 Å². The van der Waals surface area contributed by atoms with Crippen LogP contribution in [0.4, 0.5) is 5.82 Å². The number of nitrogens with zero attached hydrogens (tertiary/aromatic N) is 2. The van der Waals surface area contributed by atoms with Crippen LogP contribution < -0.4 is 10.2 Å². The quantitative estimate of drug-likeness (QED) is 0.827. The fourth-order valence-corrected chi connectivity index (χ4v) is 2.19. The van der Waals surface area contributed by atoms with Gasteiger partial charge in [-0.1, -0.05) is 6.92 Å². The van der Waals surface area contributed by atoms with Gasteiger partial charge in [-0.25, -0.2) is 4.98 Å². The van der Waals surface area contributed by atoms with Crippen LogP contribution in [0.3, 0.4) is 0 Å². The number of nitrogens with one attached hydrogen (secondary N) is 1. The van der Waals surface area contributed by atoms with E-state index < -0.39 is 0 Å². The lowest BCUT2D eigenvalue weighted by Gasteiger charge is -2.29. The van der Waals surface area contributed by atoms with Crippen LogP contribution in [0.2, 0.25) is 0 Å². The lowest BCUT2D eigenvalue weighted by molar-refractivity contribution is 0.172. The number of aliphatic hydroxyl groups excluding tert-OH is 1. The molecule has 0 saturated carbocycles. The number of aromatic nitrogens is 1. The van der Waals surface area contributed by atoms with Gasteiger partial charge in [-0.05, 0) is 25.0 Å². The van der Waals surface area contributed by atoms with E-state index in [2.05, 4.69) is 21.3 Å². The number of aryl methyl sites for hydroxylation is 1. The zero-order valence-corrected chi connectivity index (χ0v) is 10.6. The number of piperazine rings is 1. The molecule has 1 atom stereocenters. The van der Waals surface area contributed by atoms with E-state index in [0.717, 1.165) is 49.5 Å². The molecule has 4 heteroatoms. The standard InChI is InChI=1S/C13H21N3O/c1-3-12(17)11-9-15-13(8-10(11)2)16-6-4-14-5-7-16/h8-9,12,14,17H,3-7H2,1-2H3/t12-/m1/s1. The van der Waals surface area contributed by atoms with E-state index in [1.54, 1.807) is 0 Å². The Hall–Kier alpha value is -1.13. The van der Waals surface area contributed by atoms with E-state index in [-0.39, 0.29) is 6.10 Å². The minimum Gasteiger partial charge on any atom is -0.388 e. The number of rotatable bonds is 3. The molecule has 0 radical (unpaired) electrons. The van der Waals surface area contributed by atoms with Crippen molar-refractivity contribution in [3.8, 4) is 0 Å². The van der Waals surface area contributed by atoms with Crippen LogP contribution in [-0.4, -0.2) is 36.3 Å². The summed E-state index contributed by atoms with van der Waals surface area (Å²) in [7, 11) is 0. The van der Waals surface area contributed by atoms with Crippen molar-refractivity contribution in [3.05, 3.63) is 23.4 Å². The van der Waals surface area contributed by atoms with Crippen LogP contribution in [0.1, 0.15) is 30.6 Å². The molecule has 1 saturated heterocycles. The summed E-state index contributed by atoms with van der Waals surface area (Å²) in [4.78, 5) is 6.75. The van der Waals surface area contributed by atoms with Gasteiger partial charge in [0.05, 0.1) is 6.10 Å². The van der Waals surface area contributed by atoms with E-state index in [1.165, 1.54) is 0 Å². The lowest BCUT2D eigenvalue weighted by Crippen LogP contribution is -2.43. The Morgan fingerprint density at radius 3 is 2.76 bits per heavy atom. The number of aliphatic hydroxyl groups is 1. The molecular weight excluding hydrogens is 214 g/mol. The lowest BCUT2D eigenvalue weighted by atomic mass is 10.0. The van der Waals surface area contributed by atoms with Crippen molar-refractivity contribution >= 4 is 5.82 Å². The minimum atomic E-state index is -0.389. The van der Waals surface area contributed by atoms with E-state index in [4.69, 9.17) is 0 Å². The first-order valence-corrected chi connectivity index (χ1v) is 6.32. The summed E-state index contributed by atoms with van der Waals surface area (Å²) in [5, 5.41) is 13.2. The van der Waals surface area contributed by atoms with Crippen LogP contribution in [-0.2, 0) is 0 Å². The molecule has 94 valence electrons. The van der Waals surface area contributed by atoms with Gasteiger partial charge in [0.25, 0.3) is 0 Å². The number of hydrogen-bond acceptors (Lipinski definition) is 4. The zero-order valence-electron chi connectivity index (χ0n) is 10.6. The Bertz CT molecular complexity index is 375. The summed E-state index contributed by atoms with van der Waals surface area (Å²) < 4.78 is 0. The largest absolute Gasteiger partial charge is 0.388 e. The molecule has 0 aromatic carbocycles. The van der Waals surface area contributed by atoms with Gasteiger partial charge in [-0.2, -0.15) is 0 Å². The third-order valence-corrected chi connectivity index (χ3v) is 3.32. The monoisotopic (exact) mass is 235 g/mol. The van der Waals surface area contributed by atoms with Crippen molar-refractivity contribution in [2.24, 2.45) is 0 Å². The molecule has 0 amide bonds. The van der Waals surface area contributed by atoms with E-state index in [1.807, 2.05) is 20.0 Å². The van der Waals surface area contributed by atoms with Gasteiger partial charge in [0.15, 0.2) is 0 Å². The Kier molecular flexibility index (Phi) is 3.97. The second kappa shape index (κ2) is 5.47. The van der Waals surface area contributed by atoms with Crippen molar-refractivity contribution in [1.29, 1.82) is 0 Å². The molecule has 1 aliphatic heterocycles. The zero-order chi connectivity index (χ0) is 12.3. The Morgan fingerprint density at radius 2 is 2.18 bits per heavy atom. The second-order valence-corrected chi connectivity index (χ2v) is 4.56. The van der Waals surface area contributed by atoms with Crippen molar-refractivity contribution in [3.63, 3.8) is 0 Å². The van der Waals surface area contributed by atoms with Crippen LogP contribution in [0.25, 0.3) is 0 Å². The maximum atomic E-state index is 9.85. The predicted octanol–water partition coefficient (Wildman–Crippen LogP) is 1.24. The molecule has 1 aliphatic rings. The summed E-state index contributed by atoms with van der Waals surface area (Å²) >= 11 is 0. The van der Waals surface area contributed by atoms with Gasteiger partial charge in [0.2, 0.25) is 0 Å². The first-order chi connectivity index (χ1) is 8.22. The van der Waals surface area contributed by atoms with Gasteiger partial charge < -0.3 is 15.3 Å². The summed E-state index contributed by atoms with van der Waals surface area (Å²) in [6.45, 7) is 8.06. The van der Waals surface area contributed by atoms with Crippen molar-refractivity contribution in [2.45, 2.75) is 26.4 Å². The molecule has 2 rings (SSSR count). The second-order valence-electron chi connectivity index (χ2n) is 4.56. The summed E-state index contributed by atoms with van der Waals surface area (Å²) in [5.41, 5.74) is 2.08. The van der Waals surface area contributed by atoms with Crippen molar-refractivity contribution < 1.29 is 5.11 Å². The van der Waals surface area contributed by atoms with E-state index >= 15 is 0 Å². The average Bonchev–Trinajstić information content (AvgIpc) is 2.39. The highest BCUT2D eigenvalue weighted by atomic mass is 16.3. The maximum Gasteiger partial charge on any atom is 0.128 e. The number of anilines is 1. The first-order valence-electron chi connectivity index (χ1n) is 6.32. The Morgan fingerprint density at radius 1 is 1.47 bits per heavy atom. The SMILES string of the molecule is CC[C@@H](O)c1cnc(N2CCNCC2)cc1C. The average molecular weight is 235 g/mol. The highest BCUT2D eigenvalue weighted by molar-refractivity contribution is 5.44. The van der Waals surface area contributed by atoms with Crippen LogP contribution in [0.5, 0.6) is 0 Å². The molecule has 0 unspecified atom stereocenters. The third-order valence-electron chi connectivity index (χ3n) is 3.32. The van der Waals surface area contributed by atoms with Crippen molar-refractivity contribution in [2.75, 3.05) is 31.1 Å². The van der Waals surface area contributed by atoms with Gasteiger partial charge in [0, 0.05) is 37.9 Å². The molecule has 0 aliphatic carbocycles. The van der Waals surface area contributed by atoms with Gasteiger partial charge in [-0.15, -0.1) is 0 Å². The normalized spacial score (nSPS) is 18.2. The molecule has 0 bridgehead atoms. The molecule has 1 fully saturated rings. The Labute approximate surface area is 103 Å². The molecule has 4 nitrogen and oxygen atoms in total. The molecule has 2 N–H and O–H groups in total. The Balaban J connectivity index is 2.17. The van der Waals surface area contributed by atoms with Crippen LogP contribution in [0, 0.1) is 6.92 Å². The highest BCUT2D eigenvalue weighted by Gasteiger charge is 2.14. The summed E-state index contributed by atoms with van der Waals surface area (Å²) in [6, 6.07) is 2.08. The first kappa shape index (κ1) is 12.3.